The highest BCUT2D eigenvalue weighted by atomic mass is 35.5. The van der Waals surface area contributed by atoms with E-state index in [2.05, 4.69) is 15.2 Å². The van der Waals surface area contributed by atoms with Gasteiger partial charge in [0.2, 0.25) is 0 Å². The van der Waals surface area contributed by atoms with Crippen LogP contribution in [0.15, 0.2) is 16.1 Å². The minimum Gasteiger partial charge on any atom is -0.392 e. The van der Waals surface area contributed by atoms with Crippen LogP contribution in [0.25, 0.3) is 0 Å². The number of aliphatic hydroxyl groups is 2. The van der Waals surface area contributed by atoms with Gasteiger partial charge >= 0.3 is 0 Å². The monoisotopic (exact) mass is 287 g/mol. The fourth-order valence-corrected chi connectivity index (χ4v) is 2.71. The molecule has 2 rings (SSSR count). The summed E-state index contributed by atoms with van der Waals surface area (Å²) in [6.45, 7) is 3.41. The Labute approximate surface area is 119 Å². The van der Waals surface area contributed by atoms with E-state index in [-0.39, 0.29) is 5.92 Å². The lowest BCUT2D eigenvalue weighted by Gasteiger charge is -2.30. The number of hydrogen-bond donors (Lipinski definition) is 3. The molecule has 0 aromatic rings. The highest BCUT2D eigenvalue weighted by molar-refractivity contribution is 6.29. The first-order chi connectivity index (χ1) is 9.16. The summed E-state index contributed by atoms with van der Waals surface area (Å²) in [5.41, 5.74) is 0. The molecule has 0 aromatic carbocycles. The van der Waals surface area contributed by atoms with E-state index in [4.69, 9.17) is 11.6 Å². The van der Waals surface area contributed by atoms with Crippen molar-refractivity contribution in [3.8, 4) is 0 Å². The lowest BCUT2D eigenvalue weighted by atomic mass is 9.89. The minimum absolute atomic E-state index is 0.169. The van der Waals surface area contributed by atoms with Crippen LogP contribution in [-0.2, 0) is 0 Å². The van der Waals surface area contributed by atoms with Crippen LogP contribution in [0.3, 0.4) is 0 Å². The Morgan fingerprint density at radius 3 is 3.11 bits per heavy atom. The zero-order chi connectivity index (χ0) is 13.7. The van der Waals surface area contributed by atoms with Crippen LogP contribution in [0.1, 0.15) is 19.3 Å². The predicted octanol–water partition coefficient (Wildman–Crippen LogP) is 0.522. The van der Waals surface area contributed by atoms with Gasteiger partial charge in [-0.05, 0) is 19.4 Å². The summed E-state index contributed by atoms with van der Waals surface area (Å²) in [6, 6.07) is 0. The number of allylic oxidation sites excluding steroid dienone is 1. The molecule has 2 aliphatic rings. The number of aliphatic imine (C=N–C) groups is 1. The molecule has 0 radical (unpaired) electrons. The molecule has 5 nitrogen and oxygen atoms in total. The first-order valence-corrected chi connectivity index (χ1v) is 7.19. The maximum Gasteiger partial charge on any atom is 0.110 e. The molecular formula is C13H22ClN3O2. The van der Waals surface area contributed by atoms with Gasteiger partial charge in [0, 0.05) is 36.7 Å². The molecule has 1 aliphatic heterocycles. The Morgan fingerprint density at radius 1 is 1.58 bits per heavy atom. The summed E-state index contributed by atoms with van der Waals surface area (Å²) in [5.74, 6) is -0.169. The molecule has 3 atom stereocenters. The molecule has 0 aromatic heterocycles. The Hall–Kier alpha value is -0.460. The largest absolute Gasteiger partial charge is 0.392 e. The molecule has 0 fully saturated rings. The second-order valence-corrected chi connectivity index (χ2v) is 5.64. The van der Waals surface area contributed by atoms with Gasteiger partial charge in [0.15, 0.2) is 0 Å². The van der Waals surface area contributed by atoms with Crippen LogP contribution in [0, 0.1) is 5.92 Å². The zero-order valence-corrected chi connectivity index (χ0v) is 11.8. The van der Waals surface area contributed by atoms with E-state index >= 15 is 0 Å². The molecule has 3 unspecified atom stereocenters. The quantitative estimate of drug-likeness (QED) is 0.492. The van der Waals surface area contributed by atoms with Crippen LogP contribution in [0.4, 0.5) is 0 Å². The van der Waals surface area contributed by atoms with Gasteiger partial charge in [-0.3, -0.25) is 15.2 Å². The van der Waals surface area contributed by atoms with Crippen molar-refractivity contribution < 1.29 is 10.2 Å². The Bertz CT molecular complexity index is 341. The van der Waals surface area contributed by atoms with Crippen molar-refractivity contribution >= 4 is 17.8 Å². The van der Waals surface area contributed by atoms with Crippen LogP contribution in [0.5, 0.6) is 0 Å². The zero-order valence-electron chi connectivity index (χ0n) is 11.0. The molecular weight excluding hydrogens is 266 g/mol. The Kier molecular flexibility index (Phi) is 5.78. The van der Waals surface area contributed by atoms with E-state index in [9.17, 15) is 10.2 Å². The third-order valence-electron chi connectivity index (χ3n) is 3.67. The number of rotatable bonds is 6. The SMILES string of the molecule is OC1CC(Cl)=CCC1C(O)NCCCN1CC=NC1. The smallest absolute Gasteiger partial charge is 0.110 e. The van der Waals surface area contributed by atoms with Crippen molar-refractivity contribution in [2.45, 2.75) is 31.6 Å². The number of nitrogens with one attached hydrogen (secondary N) is 1. The molecule has 3 N–H and O–H groups in total. The lowest BCUT2D eigenvalue weighted by molar-refractivity contribution is -0.00665. The maximum atomic E-state index is 10.0. The second kappa shape index (κ2) is 7.36. The Balaban J connectivity index is 1.62. The lowest BCUT2D eigenvalue weighted by Crippen LogP contribution is -2.43. The summed E-state index contributed by atoms with van der Waals surface area (Å²) in [7, 11) is 0. The molecule has 0 bridgehead atoms. The maximum absolute atomic E-state index is 10.0. The van der Waals surface area contributed by atoms with Crippen molar-refractivity contribution in [1.29, 1.82) is 0 Å². The van der Waals surface area contributed by atoms with E-state index in [1.807, 2.05) is 12.3 Å². The average molecular weight is 288 g/mol. The topological polar surface area (TPSA) is 68.1 Å². The molecule has 0 saturated carbocycles. The van der Waals surface area contributed by atoms with Crippen molar-refractivity contribution in [1.82, 2.24) is 10.2 Å². The summed E-state index contributed by atoms with van der Waals surface area (Å²) >= 11 is 5.86. The van der Waals surface area contributed by atoms with Crippen LogP contribution in [-0.4, -0.2) is 60.0 Å². The number of aliphatic hydroxyl groups excluding tert-OH is 2. The fourth-order valence-electron chi connectivity index (χ4n) is 2.46. The highest BCUT2D eigenvalue weighted by Gasteiger charge is 2.29. The summed E-state index contributed by atoms with van der Waals surface area (Å²) < 4.78 is 0. The predicted molar refractivity (Wildman–Crippen MR) is 76.2 cm³/mol. The van der Waals surface area contributed by atoms with Gasteiger partial charge in [-0.25, -0.2) is 0 Å². The number of hydrogen-bond acceptors (Lipinski definition) is 5. The van der Waals surface area contributed by atoms with Crippen LogP contribution >= 0.6 is 11.6 Å². The molecule has 19 heavy (non-hydrogen) atoms. The van der Waals surface area contributed by atoms with E-state index < -0.39 is 12.3 Å². The van der Waals surface area contributed by atoms with Crippen molar-refractivity contribution in [3.63, 3.8) is 0 Å². The van der Waals surface area contributed by atoms with Crippen molar-refractivity contribution in [2.75, 3.05) is 26.3 Å². The van der Waals surface area contributed by atoms with E-state index in [1.54, 1.807) is 0 Å². The van der Waals surface area contributed by atoms with Gasteiger partial charge < -0.3 is 10.2 Å². The summed E-state index contributed by atoms with van der Waals surface area (Å²) in [5, 5.41) is 23.7. The normalized spacial score (nSPS) is 29.5. The molecule has 0 saturated heterocycles. The molecule has 1 aliphatic carbocycles. The molecule has 6 heteroatoms. The van der Waals surface area contributed by atoms with Gasteiger partial charge in [-0.15, -0.1) is 0 Å². The molecule has 108 valence electrons. The van der Waals surface area contributed by atoms with Crippen molar-refractivity contribution in [3.05, 3.63) is 11.1 Å². The first-order valence-electron chi connectivity index (χ1n) is 6.81. The van der Waals surface area contributed by atoms with Gasteiger partial charge in [0.05, 0.1) is 12.8 Å². The molecule has 0 spiro atoms. The van der Waals surface area contributed by atoms with Crippen LogP contribution in [0.2, 0.25) is 0 Å². The summed E-state index contributed by atoms with van der Waals surface area (Å²) in [6.07, 6.45) is 4.59. The highest BCUT2D eigenvalue weighted by Crippen LogP contribution is 2.27. The van der Waals surface area contributed by atoms with E-state index in [1.165, 1.54) is 0 Å². The second-order valence-electron chi connectivity index (χ2n) is 5.16. The number of nitrogens with zero attached hydrogens (tertiary/aromatic N) is 2. The van der Waals surface area contributed by atoms with E-state index in [0.717, 1.165) is 32.7 Å². The third-order valence-corrected chi connectivity index (χ3v) is 3.98. The fraction of sp³-hybridized carbons (Fsp3) is 0.769. The summed E-state index contributed by atoms with van der Waals surface area (Å²) in [4.78, 5) is 6.39. The van der Waals surface area contributed by atoms with Crippen LogP contribution < -0.4 is 5.32 Å². The van der Waals surface area contributed by atoms with Gasteiger partial charge in [-0.2, -0.15) is 0 Å². The average Bonchev–Trinajstić information content (AvgIpc) is 2.87. The van der Waals surface area contributed by atoms with E-state index in [0.29, 0.717) is 17.9 Å². The van der Waals surface area contributed by atoms with Gasteiger partial charge in [0.25, 0.3) is 0 Å². The molecule has 0 amide bonds. The first kappa shape index (κ1) is 14.9. The molecule has 1 heterocycles. The number of halogens is 1. The standard InChI is InChI=1S/C13H22ClN3O2/c14-10-2-3-11(12(18)8-10)13(19)16-4-1-6-17-7-5-15-9-17/h2,5,11-13,16,18-19H,1,3-4,6-9H2. The van der Waals surface area contributed by atoms with Gasteiger partial charge in [-0.1, -0.05) is 17.7 Å². The third kappa shape index (κ3) is 4.54. The Morgan fingerprint density at radius 2 is 2.42 bits per heavy atom. The van der Waals surface area contributed by atoms with Crippen molar-refractivity contribution in [2.24, 2.45) is 10.9 Å². The van der Waals surface area contributed by atoms with Gasteiger partial charge in [0.1, 0.15) is 6.23 Å². The minimum atomic E-state index is -0.675.